The van der Waals surface area contributed by atoms with Gasteiger partial charge in [0.25, 0.3) is 5.91 Å². The Morgan fingerprint density at radius 1 is 0.738 bits per heavy atom. The number of carbonyl (C=O) groups excluding carboxylic acids is 4. The molecule has 4 aliphatic rings. The second-order valence-corrected chi connectivity index (χ2v) is 11.4. The molecular weight excluding hydrogens is 575 g/mol. The normalized spacial score (nSPS) is 21.4. The molecule has 8 rings (SSSR count). The van der Waals surface area contributed by atoms with Crippen molar-refractivity contribution in [1.82, 2.24) is 0 Å². The predicted molar refractivity (Wildman–Crippen MR) is 158 cm³/mol. The van der Waals surface area contributed by atoms with Crippen LogP contribution in [-0.2, 0) is 19.1 Å². The van der Waals surface area contributed by atoms with Crippen molar-refractivity contribution in [3.63, 3.8) is 0 Å². The summed E-state index contributed by atoms with van der Waals surface area (Å²) >= 11 is 12.0. The second kappa shape index (κ2) is 10.1. The van der Waals surface area contributed by atoms with E-state index in [-0.39, 0.29) is 29.2 Å². The van der Waals surface area contributed by atoms with E-state index in [1.54, 1.807) is 24.3 Å². The van der Waals surface area contributed by atoms with E-state index in [4.69, 9.17) is 27.9 Å². The minimum absolute atomic E-state index is 0.170. The molecule has 0 aromatic heterocycles. The van der Waals surface area contributed by atoms with Gasteiger partial charge in [-0.25, -0.2) is 9.69 Å². The topological polar surface area (TPSA) is 92.8 Å². The van der Waals surface area contributed by atoms with Crippen LogP contribution < -0.4 is 10.2 Å². The first-order chi connectivity index (χ1) is 20.3. The number of carbonyl (C=O) groups is 4. The van der Waals surface area contributed by atoms with Crippen LogP contribution in [0.2, 0.25) is 10.0 Å². The summed E-state index contributed by atoms with van der Waals surface area (Å²) in [6.45, 7) is -0.542. The van der Waals surface area contributed by atoms with Gasteiger partial charge in [0.15, 0.2) is 6.61 Å². The molecule has 9 heteroatoms. The van der Waals surface area contributed by atoms with Crippen molar-refractivity contribution < 1.29 is 23.9 Å². The number of amides is 3. The van der Waals surface area contributed by atoms with Crippen molar-refractivity contribution in [2.75, 3.05) is 16.8 Å². The van der Waals surface area contributed by atoms with Crippen LogP contribution in [0.25, 0.3) is 0 Å². The number of esters is 1. The Balaban J connectivity index is 1.09. The molecular formula is C33H22Cl2N2O5. The van der Waals surface area contributed by atoms with E-state index in [0.29, 0.717) is 21.4 Å². The van der Waals surface area contributed by atoms with Crippen molar-refractivity contribution in [3.05, 3.63) is 129 Å². The highest BCUT2D eigenvalue weighted by Gasteiger charge is 2.61. The van der Waals surface area contributed by atoms with E-state index < -0.39 is 30.3 Å². The first-order valence-electron chi connectivity index (χ1n) is 13.4. The number of hydrogen-bond acceptors (Lipinski definition) is 5. The molecule has 0 spiro atoms. The highest BCUT2D eigenvalue weighted by atomic mass is 35.5. The summed E-state index contributed by atoms with van der Waals surface area (Å²) in [5.41, 5.74) is 5.26. The van der Waals surface area contributed by atoms with Crippen LogP contribution in [0.5, 0.6) is 0 Å². The summed E-state index contributed by atoms with van der Waals surface area (Å²) in [6, 6.07) is 26.8. The largest absolute Gasteiger partial charge is 0.452 e. The van der Waals surface area contributed by atoms with Gasteiger partial charge in [-0.05, 0) is 64.7 Å². The molecule has 0 saturated carbocycles. The van der Waals surface area contributed by atoms with E-state index in [0.717, 1.165) is 22.3 Å². The van der Waals surface area contributed by atoms with Gasteiger partial charge in [-0.3, -0.25) is 14.4 Å². The number of halogens is 2. The minimum Gasteiger partial charge on any atom is -0.452 e. The van der Waals surface area contributed by atoms with Crippen molar-refractivity contribution in [2.45, 2.75) is 11.8 Å². The summed E-state index contributed by atoms with van der Waals surface area (Å²) in [4.78, 5) is 54.0. The lowest BCUT2D eigenvalue weighted by atomic mass is 9.55. The van der Waals surface area contributed by atoms with Crippen LogP contribution in [0.15, 0.2) is 91.0 Å². The van der Waals surface area contributed by atoms with Crippen LogP contribution in [-0.4, -0.2) is 30.3 Å². The van der Waals surface area contributed by atoms with E-state index >= 15 is 0 Å². The molecule has 1 aliphatic heterocycles. The maximum atomic E-state index is 13.9. The van der Waals surface area contributed by atoms with Crippen molar-refractivity contribution in [1.29, 1.82) is 0 Å². The van der Waals surface area contributed by atoms with Gasteiger partial charge < -0.3 is 10.1 Å². The Labute approximate surface area is 251 Å². The van der Waals surface area contributed by atoms with Crippen molar-refractivity contribution in [3.8, 4) is 0 Å². The summed E-state index contributed by atoms with van der Waals surface area (Å²) in [7, 11) is 0. The van der Waals surface area contributed by atoms with Gasteiger partial charge in [0.05, 0.1) is 33.8 Å². The molecule has 0 unspecified atom stereocenters. The third-order valence-electron chi connectivity index (χ3n) is 8.35. The fraction of sp³-hybridized carbons (Fsp3) is 0.152. The third kappa shape index (κ3) is 4.11. The zero-order chi connectivity index (χ0) is 29.1. The number of hydrogen-bond donors (Lipinski definition) is 1. The molecule has 1 saturated heterocycles. The smallest absolute Gasteiger partial charge is 0.338 e. The van der Waals surface area contributed by atoms with Crippen molar-refractivity contribution >= 4 is 58.3 Å². The van der Waals surface area contributed by atoms with Crippen molar-refractivity contribution in [2.24, 2.45) is 11.8 Å². The maximum Gasteiger partial charge on any atom is 0.338 e. The molecule has 7 nitrogen and oxygen atoms in total. The van der Waals surface area contributed by atoms with Crippen LogP contribution in [0.1, 0.15) is 44.4 Å². The van der Waals surface area contributed by atoms with Gasteiger partial charge in [-0.2, -0.15) is 0 Å². The number of benzene rings is 4. The second-order valence-electron chi connectivity index (χ2n) is 10.6. The third-order valence-corrected chi connectivity index (χ3v) is 8.91. The summed E-state index contributed by atoms with van der Waals surface area (Å²) in [6.07, 6.45) is 0. The van der Waals surface area contributed by atoms with Crippen LogP contribution >= 0.6 is 23.2 Å². The van der Waals surface area contributed by atoms with Crippen LogP contribution in [0.4, 0.5) is 11.4 Å². The maximum absolute atomic E-state index is 13.9. The van der Waals surface area contributed by atoms with Gasteiger partial charge in [-0.15, -0.1) is 0 Å². The fourth-order valence-corrected chi connectivity index (χ4v) is 7.01. The first-order valence-corrected chi connectivity index (χ1v) is 14.2. The molecule has 0 radical (unpaired) electrons. The molecule has 2 bridgehead atoms. The molecule has 1 fully saturated rings. The van der Waals surface area contributed by atoms with E-state index in [1.165, 1.54) is 23.1 Å². The molecule has 4 aromatic rings. The standard InChI is InChI=1S/C33H22Cl2N2O5/c34-18-11-14-24(35)25(15-18)36-26(38)16-42-33(41)17-9-12-19(13-10-17)37-31(39)29-27-20-5-1-2-6-21(20)28(30(29)32(37)40)23-8-4-3-7-22(23)27/h1-15,27-30H,16H2,(H,36,38)/t27?,28?,29-,30-/m0/s1. The average molecular weight is 597 g/mol. The molecule has 208 valence electrons. The van der Waals surface area contributed by atoms with E-state index in [9.17, 15) is 19.2 Å². The van der Waals surface area contributed by atoms with Crippen LogP contribution in [0.3, 0.4) is 0 Å². The van der Waals surface area contributed by atoms with E-state index in [2.05, 4.69) is 29.6 Å². The predicted octanol–water partition coefficient (Wildman–Crippen LogP) is 6.19. The van der Waals surface area contributed by atoms with Gasteiger partial charge in [0, 0.05) is 16.9 Å². The highest BCUT2D eigenvalue weighted by molar-refractivity contribution is 6.35. The Bertz CT molecular complexity index is 1690. The number of ether oxygens (including phenoxy) is 1. The Hall–Kier alpha value is -4.46. The Kier molecular flexibility index (Phi) is 6.37. The zero-order valence-electron chi connectivity index (χ0n) is 21.9. The van der Waals surface area contributed by atoms with E-state index in [1.807, 2.05) is 24.3 Å². The summed E-state index contributed by atoms with van der Waals surface area (Å²) in [5, 5.41) is 3.23. The molecule has 1 N–H and O–H groups in total. The average Bonchev–Trinajstić information content (AvgIpc) is 3.27. The minimum atomic E-state index is -0.731. The molecule has 1 heterocycles. The Morgan fingerprint density at radius 3 is 1.79 bits per heavy atom. The quantitative estimate of drug-likeness (QED) is 0.219. The zero-order valence-corrected chi connectivity index (χ0v) is 23.4. The number of imide groups is 1. The fourth-order valence-electron chi connectivity index (χ4n) is 6.67. The molecule has 42 heavy (non-hydrogen) atoms. The Morgan fingerprint density at radius 2 is 1.26 bits per heavy atom. The number of rotatable bonds is 5. The SMILES string of the molecule is O=C(COC(=O)c1ccc(N2C(=O)[C@H]3C4c5ccccc5C(c5ccccc54)[C@@H]3C2=O)cc1)Nc1cc(Cl)ccc1Cl. The summed E-state index contributed by atoms with van der Waals surface area (Å²) < 4.78 is 5.15. The van der Waals surface area contributed by atoms with Crippen LogP contribution in [0, 0.1) is 11.8 Å². The van der Waals surface area contributed by atoms with Gasteiger partial charge in [0.2, 0.25) is 11.8 Å². The first kappa shape index (κ1) is 26.4. The number of anilines is 2. The summed E-state index contributed by atoms with van der Waals surface area (Å²) in [5.74, 6) is -3.19. The van der Waals surface area contributed by atoms with Gasteiger partial charge in [-0.1, -0.05) is 71.7 Å². The molecule has 3 amide bonds. The molecule has 4 aromatic carbocycles. The molecule has 3 aliphatic carbocycles. The lowest BCUT2D eigenvalue weighted by molar-refractivity contribution is -0.122. The number of nitrogens with zero attached hydrogens (tertiary/aromatic N) is 1. The van der Waals surface area contributed by atoms with Gasteiger partial charge in [0.1, 0.15) is 0 Å². The monoisotopic (exact) mass is 596 g/mol. The molecule has 2 atom stereocenters. The highest BCUT2D eigenvalue weighted by Crippen LogP contribution is 2.61. The number of nitrogens with one attached hydrogen (secondary N) is 1. The lowest BCUT2D eigenvalue weighted by Gasteiger charge is -2.45. The lowest BCUT2D eigenvalue weighted by Crippen LogP contribution is -2.41. The van der Waals surface area contributed by atoms with Gasteiger partial charge >= 0.3 is 5.97 Å².